The topological polar surface area (TPSA) is 98.8 Å². The predicted molar refractivity (Wildman–Crippen MR) is 99.8 cm³/mol. The van der Waals surface area contributed by atoms with Crippen LogP contribution in [0, 0.1) is 18.8 Å². The van der Waals surface area contributed by atoms with E-state index in [0.717, 1.165) is 5.56 Å². The number of hydrogen-bond donors (Lipinski definition) is 1. The van der Waals surface area contributed by atoms with E-state index < -0.39 is 44.7 Å². The van der Waals surface area contributed by atoms with Gasteiger partial charge in [-0.3, -0.25) is 4.79 Å². The molecule has 0 bridgehead atoms. The Morgan fingerprint density at radius 1 is 1.22 bits per heavy atom. The van der Waals surface area contributed by atoms with Gasteiger partial charge in [0.15, 0.2) is 9.84 Å². The van der Waals surface area contributed by atoms with E-state index in [4.69, 9.17) is 9.47 Å². The lowest BCUT2D eigenvalue weighted by Crippen LogP contribution is -2.45. The fourth-order valence-electron chi connectivity index (χ4n) is 2.78. The minimum absolute atomic E-state index is 0.0867. The molecule has 0 heterocycles. The van der Waals surface area contributed by atoms with E-state index in [-0.39, 0.29) is 11.5 Å². The van der Waals surface area contributed by atoms with E-state index in [1.165, 1.54) is 12.1 Å². The first-order valence-corrected chi connectivity index (χ1v) is 10.5. The van der Waals surface area contributed by atoms with Gasteiger partial charge in [-0.15, -0.1) is 0 Å². The number of nitrogens with one attached hydrogen (secondary N) is 1. The van der Waals surface area contributed by atoms with Gasteiger partial charge in [0.05, 0.1) is 17.4 Å². The number of rotatable bonds is 6. The molecular formula is C19H27NO6S. The molecule has 1 N–H and O–H groups in total. The molecule has 1 aliphatic carbocycles. The van der Waals surface area contributed by atoms with Crippen molar-refractivity contribution in [3.8, 4) is 0 Å². The first kappa shape index (κ1) is 21.2. The van der Waals surface area contributed by atoms with E-state index in [2.05, 4.69) is 5.32 Å². The lowest BCUT2D eigenvalue weighted by atomic mass is 10.2. The van der Waals surface area contributed by atoms with Crippen LogP contribution in [0.3, 0.4) is 0 Å². The summed E-state index contributed by atoms with van der Waals surface area (Å²) >= 11 is 0. The standard InChI is InChI=1S/C19H27NO6S/c1-6-25-17(21)15-11-14(15)16(20-18(22)26-19(3,4)5)27(23,24)13-9-7-12(2)8-10-13/h7-10,14-16H,6,11H2,1-5H3,(H,20,22)/t14-,15-,16?/m1/s1. The molecule has 1 fully saturated rings. The Hall–Kier alpha value is -2.09. The van der Waals surface area contributed by atoms with Gasteiger partial charge in [-0.2, -0.15) is 0 Å². The van der Waals surface area contributed by atoms with Crippen molar-refractivity contribution in [2.24, 2.45) is 11.8 Å². The number of carbonyl (C=O) groups excluding carboxylic acids is 2. The Kier molecular flexibility index (Phi) is 6.19. The maximum atomic E-state index is 13.1. The van der Waals surface area contributed by atoms with Gasteiger partial charge in [0.2, 0.25) is 0 Å². The van der Waals surface area contributed by atoms with Crippen LogP contribution in [0.4, 0.5) is 4.79 Å². The summed E-state index contributed by atoms with van der Waals surface area (Å²) in [6.07, 6.45) is -0.498. The largest absolute Gasteiger partial charge is 0.466 e. The minimum Gasteiger partial charge on any atom is -0.466 e. The molecule has 7 nitrogen and oxygen atoms in total. The molecule has 1 unspecified atom stereocenters. The third-order valence-corrected chi connectivity index (χ3v) is 6.23. The molecule has 0 aliphatic heterocycles. The molecule has 1 saturated carbocycles. The number of alkyl carbamates (subject to hydrolysis) is 1. The van der Waals surface area contributed by atoms with Gasteiger partial charge in [-0.1, -0.05) is 17.7 Å². The average molecular weight is 397 g/mol. The van der Waals surface area contributed by atoms with Crippen LogP contribution >= 0.6 is 0 Å². The molecule has 0 aromatic heterocycles. The molecule has 3 atom stereocenters. The lowest BCUT2D eigenvalue weighted by Gasteiger charge is -2.24. The van der Waals surface area contributed by atoms with Gasteiger partial charge in [0.1, 0.15) is 11.0 Å². The van der Waals surface area contributed by atoms with Crippen molar-refractivity contribution in [1.29, 1.82) is 0 Å². The molecule has 0 radical (unpaired) electrons. The maximum Gasteiger partial charge on any atom is 0.408 e. The molecule has 150 valence electrons. The summed E-state index contributed by atoms with van der Waals surface area (Å²) in [6, 6.07) is 6.37. The molecule has 8 heteroatoms. The van der Waals surface area contributed by atoms with E-state index in [1.54, 1.807) is 39.8 Å². The van der Waals surface area contributed by atoms with Crippen LogP contribution in [0.25, 0.3) is 0 Å². The van der Waals surface area contributed by atoms with Crippen molar-refractivity contribution < 1.29 is 27.5 Å². The second kappa shape index (κ2) is 7.88. The summed E-state index contributed by atoms with van der Waals surface area (Å²) in [5.74, 6) is -1.55. The highest BCUT2D eigenvalue weighted by molar-refractivity contribution is 7.92. The molecule has 1 aromatic rings. The minimum atomic E-state index is -3.91. The highest BCUT2D eigenvalue weighted by atomic mass is 32.2. The van der Waals surface area contributed by atoms with E-state index in [9.17, 15) is 18.0 Å². The van der Waals surface area contributed by atoms with E-state index in [0.29, 0.717) is 6.42 Å². The zero-order valence-corrected chi connectivity index (χ0v) is 17.1. The van der Waals surface area contributed by atoms with E-state index >= 15 is 0 Å². The summed E-state index contributed by atoms with van der Waals surface area (Å²) in [5, 5.41) is 1.20. The normalized spacial score (nSPS) is 20.5. The van der Waals surface area contributed by atoms with Crippen molar-refractivity contribution in [1.82, 2.24) is 5.32 Å². The predicted octanol–water partition coefficient (Wildman–Crippen LogP) is 2.82. The average Bonchev–Trinajstić information content (AvgIpc) is 3.32. The van der Waals surface area contributed by atoms with Crippen LogP contribution in [0.2, 0.25) is 0 Å². The quantitative estimate of drug-likeness (QED) is 0.741. The smallest absolute Gasteiger partial charge is 0.408 e. The number of benzene rings is 1. The summed E-state index contributed by atoms with van der Waals surface area (Å²) in [5.41, 5.74) is 0.147. The molecule has 1 aromatic carbocycles. The first-order chi connectivity index (χ1) is 12.5. The lowest BCUT2D eigenvalue weighted by molar-refractivity contribution is -0.145. The first-order valence-electron chi connectivity index (χ1n) is 8.92. The van der Waals surface area contributed by atoms with Gasteiger partial charge in [0, 0.05) is 5.92 Å². The van der Waals surface area contributed by atoms with Crippen LogP contribution in [-0.2, 0) is 24.1 Å². The molecule has 27 heavy (non-hydrogen) atoms. The van der Waals surface area contributed by atoms with Crippen LogP contribution in [0.15, 0.2) is 29.2 Å². The Labute approximate surface area is 160 Å². The van der Waals surface area contributed by atoms with Crippen molar-refractivity contribution in [3.63, 3.8) is 0 Å². The SMILES string of the molecule is CCOC(=O)[C@@H]1C[C@H]1C(NC(=O)OC(C)(C)C)S(=O)(=O)c1ccc(C)cc1. The van der Waals surface area contributed by atoms with Gasteiger partial charge >= 0.3 is 12.1 Å². The maximum absolute atomic E-state index is 13.1. The molecule has 2 rings (SSSR count). The highest BCUT2D eigenvalue weighted by Crippen LogP contribution is 2.45. The number of ether oxygens (including phenoxy) is 2. The fourth-order valence-corrected chi connectivity index (χ4v) is 4.60. The van der Waals surface area contributed by atoms with Crippen LogP contribution in [0.1, 0.15) is 39.7 Å². The van der Waals surface area contributed by atoms with Gasteiger partial charge in [0.25, 0.3) is 0 Å². The third-order valence-electron chi connectivity index (χ3n) is 4.16. The number of sulfone groups is 1. The third kappa shape index (κ3) is 5.45. The van der Waals surface area contributed by atoms with Crippen molar-refractivity contribution >= 4 is 21.9 Å². The van der Waals surface area contributed by atoms with Crippen LogP contribution in [0.5, 0.6) is 0 Å². The van der Waals surface area contributed by atoms with Gasteiger partial charge in [-0.25, -0.2) is 13.2 Å². The zero-order valence-electron chi connectivity index (χ0n) is 16.3. The number of hydrogen-bond acceptors (Lipinski definition) is 6. The summed E-state index contributed by atoms with van der Waals surface area (Å²) < 4.78 is 36.5. The number of amides is 1. The fraction of sp³-hybridized carbons (Fsp3) is 0.579. The summed E-state index contributed by atoms with van der Waals surface area (Å²) in [7, 11) is -3.91. The Morgan fingerprint density at radius 2 is 1.81 bits per heavy atom. The second-order valence-electron chi connectivity index (χ2n) is 7.68. The molecule has 0 spiro atoms. The van der Waals surface area contributed by atoms with Crippen molar-refractivity contribution in [3.05, 3.63) is 29.8 Å². The van der Waals surface area contributed by atoms with Gasteiger partial charge in [-0.05, 0) is 53.2 Å². The monoisotopic (exact) mass is 397 g/mol. The van der Waals surface area contributed by atoms with Crippen molar-refractivity contribution in [2.75, 3.05) is 6.61 Å². The highest BCUT2D eigenvalue weighted by Gasteiger charge is 2.54. The molecular weight excluding hydrogens is 370 g/mol. The molecule has 0 saturated heterocycles. The second-order valence-corrected chi connectivity index (χ2v) is 9.75. The molecule has 1 aliphatic rings. The van der Waals surface area contributed by atoms with Crippen LogP contribution < -0.4 is 5.32 Å². The van der Waals surface area contributed by atoms with Gasteiger partial charge < -0.3 is 14.8 Å². The zero-order chi connectivity index (χ0) is 20.4. The van der Waals surface area contributed by atoms with E-state index in [1.807, 2.05) is 6.92 Å². The Morgan fingerprint density at radius 3 is 2.33 bits per heavy atom. The number of aryl methyl sites for hydroxylation is 1. The van der Waals surface area contributed by atoms with Crippen LogP contribution in [-0.4, -0.2) is 38.1 Å². The van der Waals surface area contributed by atoms with Crippen molar-refractivity contribution in [2.45, 2.75) is 56.9 Å². The Balaban J connectivity index is 2.28. The summed E-state index contributed by atoms with van der Waals surface area (Å²) in [4.78, 5) is 24.3. The number of carbonyl (C=O) groups is 2. The molecule has 1 amide bonds. The Bertz CT molecular complexity index is 794. The number of esters is 1. The summed E-state index contributed by atoms with van der Waals surface area (Å²) in [6.45, 7) is 8.83.